The van der Waals surface area contributed by atoms with Crippen LogP contribution in [0.15, 0.2) is 91.8 Å². The lowest BCUT2D eigenvalue weighted by Gasteiger charge is -2.39. The van der Waals surface area contributed by atoms with E-state index >= 15 is 0 Å². The molecule has 0 atom stereocenters. The van der Waals surface area contributed by atoms with Crippen LogP contribution in [0.2, 0.25) is 0 Å². The molecule has 1 aliphatic heterocycles. The Morgan fingerprint density at radius 1 is 0.944 bits per heavy atom. The number of piperidine rings is 1. The van der Waals surface area contributed by atoms with Gasteiger partial charge in [0.05, 0.1) is 11.1 Å². The standard InChI is InChI=1S/C26H24N4O4S2/c31-26(19-8-2-1-3-9-19)13-16-30(17-14-26)36(32,33)22-12-11-21(24-25(22)29-34-28-24)35-20-10-4-6-18-7-5-15-27-23(18)20/h2,4-12,15,31H,1,3,13-14,16-17H2. The molecule has 1 saturated heterocycles. The second-order valence-electron chi connectivity index (χ2n) is 9.03. The Morgan fingerprint density at radius 2 is 1.72 bits per heavy atom. The van der Waals surface area contributed by atoms with E-state index in [9.17, 15) is 13.5 Å². The number of fused-ring (bicyclic) bond motifs is 2. The van der Waals surface area contributed by atoms with E-state index in [1.807, 2.05) is 36.4 Å². The summed E-state index contributed by atoms with van der Waals surface area (Å²) in [4.78, 5) is 6.21. The topological polar surface area (TPSA) is 109 Å². The summed E-state index contributed by atoms with van der Waals surface area (Å²) >= 11 is 1.44. The van der Waals surface area contributed by atoms with E-state index in [2.05, 4.69) is 27.4 Å². The quantitative estimate of drug-likeness (QED) is 0.403. The maximum atomic E-state index is 13.6. The van der Waals surface area contributed by atoms with Gasteiger partial charge in [-0.3, -0.25) is 4.98 Å². The smallest absolute Gasteiger partial charge is 0.245 e. The van der Waals surface area contributed by atoms with E-state index in [0.717, 1.165) is 39.1 Å². The van der Waals surface area contributed by atoms with Crippen LogP contribution in [0.4, 0.5) is 0 Å². The summed E-state index contributed by atoms with van der Waals surface area (Å²) in [7, 11) is -3.86. The normalized spacial score (nSPS) is 18.5. The average Bonchev–Trinajstić information content (AvgIpc) is 3.40. The van der Waals surface area contributed by atoms with Gasteiger partial charge in [-0.05, 0) is 65.8 Å². The van der Waals surface area contributed by atoms with Crippen molar-refractivity contribution < 1.29 is 18.2 Å². The van der Waals surface area contributed by atoms with E-state index in [4.69, 9.17) is 4.63 Å². The highest BCUT2D eigenvalue weighted by atomic mass is 32.2. The molecule has 2 aromatic heterocycles. The van der Waals surface area contributed by atoms with Crippen molar-refractivity contribution in [3.63, 3.8) is 0 Å². The van der Waals surface area contributed by atoms with Crippen molar-refractivity contribution in [2.45, 2.75) is 46.0 Å². The van der Waals surface area contributed by atoms with Crippen molar-refractivity contribution in [2.24, 2.45) is 0 Å². The molecule has 10 heteroatoms. The van der Waals surface area contributed by atoms with Crippen molar-refractivity contribution in [1.29, 1.82) is 0 Å². The first-order chi connectivity index (χ1) is 17.5. The van der Waals surface area contributed by atoms with Crippen molar-refractivity contribution in [3.8, 4) is 0 Å². The van der Waals surface area contributed by atoms with Crippen LogP contribution in [0, 0.1) is 0 Å². The molecule has 1 fully saturated rings. The highest BCUT2D eigenvalue weighted by Gasteiger charge is 2.40. The molecule has 0 bridgehead atoms. The highest BCUT2D eigenvalue weighted by Crippen LogP contribution is 2.39. The minimum atomic E-state index is -3.86. The molecule has 1 N–H and O–H groups in total. The Kier molecular flexibility index (Phi) is 5.91. The van der Waals surface area contributed by atoms with Gasteiger partial charge in [-0.1, -0.05) is 48.2 Å². The monoisotopic (exact) mass is 520 g/mol. The summed E-state index contributed by atoms with van der Waals surface area (Å²) < 4.78 is 33.7. The fourth-order valence-corrected chi connectivity index (χ4v) is 7.45. The van der Waals surface area contributed by atoms with E-state index in [1.54, 1.807) is 18.3 Å². The number of nitrogens with zero attached hydrogens (tertiary/aromatic N) is 4. The predicted molar refractivity (Wildman–Crippen MR) is 137 cm³/mol. The summed E-state index contributed by atoms with van der Waals surface area (Å²) in [5, 5.41) is 20.2. The zero-order valence-corrected chi connectivity index (χ0v) is 21.0. The van der Waals surface area contributed by atoms with E-state index in [0.29, 0.717) is 18.4 Å². The van der Waals surface area contributed by atoms with Gasteiger partial charge in [-0.2, -0.15) is 4.31 Å². The summed E-state index contributed by atoms with van der Waals surface area (Å²) in [6.07, 6.45) is 10.3. The predicted octanol–water partition coefficient (Wildman–Crippen LogP) is 4.71. The molecule has 0 radical (unpaired) electrons. The van der Waals surface area contributed by atoms with Crippen LogP contribution in [0.25, 0.3) is 21.9 Å². The third-order valence-electron chi connectivity index (χ3n) is 6.86. The number of benzene rings is 2. The van der Waals surface area contributed by atoms with Crippen LogP contribution in [-0.4, -0.2) is 51.8 Å². The third-order valence-corrected chi connectivity index (χ3v) is 9.89. The number of rotatable bonds is 5. The number of hydrogen-bond donors (Lipinski definition) is 1. The lowest BCUT2D eigenvalue weighted by molar-refractivity contribution is 0.0314. The Labute approximate surface area is 212 Å². The van der Waals surface area contributed by atoms with Crippen LogP contribution in [0.1, 0.15) is 25.7 Å². The SMILES string of the molecule is O=S(=O)(c1ccc(Sc2cccc3cccnc23)c2nonc12)N1CCC(O)(C2=CCCC=C2)CC1. The maximum absolute atomic E-state index is 13.6. The zero-order valence-electron chi connectivity index (χ0n) is 19.4. The van der Waals surface area contributed by atoms with Crippen molar-refractivity contribution in [1.82, 2.24) is 19.6 Å². The second kappa shape index (κ2) is 9.11. The zero-order chi connectivity index (χ0) is 24.8. The number of hydrogen-bond acceptors (Lipinski definition) is 8. The Balaban J connectivity index is 1.29. The Morgan fingerprint density at radius 3 is 2.53 bits per heavy atom. The van der Waals surface area contributed by atoms with Crippen molar-refractivity contribution >= 4 is 43.7 Å². The first-order valence-corrected chi connectivity index (χ1v) is 14.1. The molecule has 36 heavy (non-hydrogen) atoms. The van der Waals surface area contributed by atoms with Crippen LogP contribution in [0.3, 0.4) is 0 Å². The number of sulfonamides is 1. The van der Waals surface area contributed by atoms with Crippen LogP contribution in [-0.2, 0) is 10.0 Å². The molecule has 6 rings (SSSR count). The summed E-state index contributed by atoms with van der Waals surface area (Å²) in [6.45, 7) is 0.434. The van der Waals surface area contributed by atoms with Gasteiger partial charge >= 0.3 is 0 Å². The molecule has 1 aliphatic carbocycles. The molecule has 184 valence electrons. The summed E-state index contributed by atoms with van der Waals surface area (Å²) in [6, 6.07) is 13.1. The van der Waals surface area contributed by atoms with Gasteiger partial charge in [0.2, 0.25) is 10.0 Å². The molecule has 2 aromatic carbocycles. The molecule has 8 nitrogen and oxygen atoms in total. The third kappa shape index (κ3) is 4.03. The van der Waals surface area contributed by atoms with Gasteiger partial charge in [0, 0.05) is 34.5 Å². The van der Waals surface area contributed by atoms with Gasteiger partial charge in [0.15, 0.2) is 11.0 Å². The molecule has 3 heterocycles. The van der Waals surface area contributed by atoms with E-state index in [-0.39, 0.29) is 23.5 Å². The summed E-state index contributed by atoms with van der Waals surface area (Å²) in [5.41, 5.74) is 1.33. The van der Waals surface area contributed by atoms with Gasteiger partial charge in [-0.15, -0.1) is 0 Å². The van der Waals surface area contributed by atoms with Crippen LogP contribution >= 0.6 is 11.8 Å². The fraction of sp³-hybridized carbons (Fsp3) is 0.269. The van der Waals surface area contributed by atoms with Crippen LogP contribution in [0.5, 0.6) is 0 Å². The molecular weight excluding hydrogens is 496 g/mol. The number of aliphatic hydroxyl groups is 1. The van der Waals surface area contributed by atoms with Gasteiger partial charge in [0.1, 0.15) is 4.90 Å². The maximum Gasteiger partial charge on any atom is 0.245 e. The van der Waals surface area contributed by atoms with Crippen molar-refractivity contribution in [3.05, 3.63) is 72.5 Å². The van der Waals surface area contributed by atoms with Crippen molar-refractivity contribution in [2.75, 3.05) is 13.1 Å². The minimum Gasteiger partial charge on any atom is -0.385 e. The number of allylic oxidation sites excluding steroid dienone is 2. The lowest BCUT2D eigenvalue weighted by atomic mass is 9.82. The number of pyridine rings is 1. The minimum absolute atomic E-state index is 0.0568. The Bertz CT molecular complexity index is 1610. The fourth-order valence-electron chi connectivity index (χ4n) is 4.87. The molecule has 4 aromatic rings. The van der Waals surface area contributed by atoms with Crippen LogP contribution < -0.4 is 0 Å². The number of aromatic nitrogens is 3. The molecule has 0 unspecified atom stereocenters. The van der Waals surface area contributed by atoms with E-state index < -0.39 is 15.6 Å². The molecular formula is C26H24N4O4S2. The summed E-state index contributed by atoms with van der Waals surface area (Å²) in [5.74, 6) is 0. The molecule has 0 saturated carbocycles. The average molecular weight is 521 g/mol. The molecule has 0 amide bonds. The number of para-hydroxylation sites is 1. The molecule has 2 aliphatic rings. The lowest BCUT2D eigenvalue weighted by Crippen LogP contribution is -2.47. The van der Waals surface area contributed by atoms with E-state index in [1.165, 1.54) is 16.1 Å². The van der Waals surface area contributed by atoms with Gasteiger partial charge < -0.3 is 5.11 Å². The highest BCUT2D eigenvalue weighted by molar-refractivity contribution is 7.99. The van der Waals surface area contributed by atoms with Gasteiger partial charge in [0.25, 0.3) is 0 Å². The largest absolute Gasteiger partial charge is 0.385 e. The first kappa shape index (κ1) is 23.4. The first-order valence-electron chi connectivity index (χ1n) is 11.8. The van der Waals surface area contributed by atoms with Gasteiger partial charge in [-0.25, -0.2) is 13.0 Å². The molecule has 0 spiro atoms. The second-order valence-corrected chi connectivity index (χ2v) is 12.0. The Hall–Kier alpha value is -3.05.